The summed E-state index contributed by atoms with van der Waals surface area (Å²) in [5, 5.41) is 23.0. The molecule has 0 bridgehead atoms. The zero-order valence-electron chi connectivity index (χ0n) is 35.0. The molecule has 0 radical (unpaired) electrons. The highest BCUT2D eigenvalue weighted by molar-refractivity contribution is 5.76. The van der Waals surface area contributed by atoms with Gasteiger partial charge in [-0.2, -0.15) is 0 Å². The average molecular weight is 738 g/mol. The van der Waals surface area contributed by atoms with Crippen LogP contribution in [0, 0.1) is 0 Å². The van der Waals surface area contributed by atoms with Crippen LogP contribution in [0.4, 0.5) is 0 Å². The third-order valence-electron chi connectivity index (χ3n) is 9.89. The number of allylic oxidation sites excluding steroid dienone is 11. The molecule has 0 spiro atoms. The molecule has 0 aromatic carbocycles. The van der Waals surface area contributed by atoms with E-state index >= 15 is 0 Å². The maximum atomic E-state index is 12.4. The second-order valence-corrected chi connectivity index (χ2v) is 15.1. The first-order valence-corrected chi connectivity index (χ1v) is 22.7. The Morgan fingerprint density at radius 1 is 0.453 bits per heavy atom. The number of hydrogen-bond donors (Lipinski definition) is 3. The molecular formula is C49H87NO3. The van der Waals surface area contributed by atoms with Crippen LogP contribution in [0.15, 0.2) is 72.9 Å². The van der Waals surface area contributed by atoms with Gasteiger partial charge in [0.2, 0.25) is 5.91 Å². The lowest BCUT2D eigenvalue weighted by atomic mass is 10.0. The summed E-state index contributed by atoms with van der Waals surface area (Å²) in [7, 11) is 0. The topological polar surface area (TPSA) is 69.6 Å². The van der Waals surface area contributed by atoms with Crippen molar-refractivity contribution in [2.24, 2.45) is 0 Å². The van der Waals surface area contributed by atoms with Gasteiger partial charge in [0.25, 0.3) is 0 Å². The Hall–Kier alpha value is -2.17. The number of carbonyl (C=O) groups excluding carboxylic acids is 1. The van der Waals surface area contributed by atoms with Crippen LogP contribution < -0.4 is 5.32 Å². The molecule has 0 aliphatic carbocycles. The minimum atomic E-state index is -0.879. The molecule has 0 heterocycles. The molecule has 0 aliphatic rings. The van der Waals surface area contributed by atoms with Crippen LogP contribution in [0.5, 0.6) is 0 Å². The molecule has 0 saturated heterocycles. The molecule has 0 aliphatic heterocycles. The molecule has 0 aromatic heterocycles. The maximum absolute atomic E-state index is 12.4. The van der Waals surface area contributed by atoms with Gasteiger partial charge in [-0.3, -0.25) is 4.79 Å². The Kier molecular flexibility index (Phi) is 42.4. The number of hydrogen-bond acceptors (Lipinski definition) is 3. The second kappa shape index (κ2) is 44.2. The largest absolute Gasteiger partial charge is 0.394 e. The van der Waals surface area contributed by atoms with Gasteiger partial charge in [0.05, 0.1) is 18.8 Å². The van der Waals surface area contributed by atoms with Gasteiger partial charge in [-0.05, 0) is 83.5 Å². The van der Waals surface area contributed by atoms with E-state index in [1.807, 2.05) is 6.08 Å². The standard InChI is InChI=1S/C49H87NO3/c1-3-5-7-9-11-13-15-17-19-21-23-24-25-27-28-30-32-34-36-38-40-42-44-48(52)47(46-51)50-49(53)45-43-41-39-37-35-33-31-29-26-22-20-18-16-14-12-10-8-6-4-2/h12,14,18,20,26-29,34,36,42,44,47-48,51-52H,3-11,13,15-17,19,21-25,30-33,35,37-41,43,45-46H2,1-2H3,(H,50,53)/b14-12-,20-18-,28-27+,29-26-,36-34+,44-42+. The monoisotopic (exact) mass is 738 g/mol. The summed E-state index contributed by atoms with van der Waals surface area (Å²) in [6, 6.07) is -0.656. The zero-order chi connectivity index (χ0) is 38.6. The predicted molar refractivity (Wildman–Crippen MR) is 234 cm³/mol. The van der Waals surface area contributed by atoms with Crippen LogP contribution in [0.25, 0.3) is 0 Å². The van der Waals surface area contributed by atoms with Crippen molar-refractivity contribution in [2.45, 2.75) is 225 Å². The lowest BCUT2D eigenvalue weighted by Crippen LogP contribution is -2.45. The summed E-state index contributed by atoms with van der Waals surface area (Å²) >= 11 is 0. The van der Waals surface area contributed by atoms with Gasteiger partial charge in [0.15, 0.2) is 0 Å². The fourth-order valence-corrected chi connectivity index (χ4v) is 6.39. The van der Waals surface area contributed by atoms with Gasteiger partial charge in [-0.25, -0.2) is 0 Å². The highest BCUT2D eigenvalue weighted by Gasteiger charge is 2.17. The molecule has 0 rings (SSSR count). The number of aliphatic hydroxyl groups is 2. The SMILES string of the molecule is CCCCC/C=C\C/C=C\C/C=C\CCCCCCCCC(=O)NC(CO)C(O)/C=C/CC/C=C/CC/C=C/CCCCCCCCCCCCCC. The van der Waals surface area contributed by atoms with E-state index in [-0.39, 0.29) is 12.5 Å². The summed E-state index contributed by atoms with van der Waals surface area (Å²) < 4.78 is 0. The molecule has 306 valence electrons. The van der Waals surface area contributed by atoms with E-state index in [1.165, 1.54) is 128 Å². The van der Waals surface area contributed by atoms with Crippen LogP contribution in [-0.2, 0) is 4.79 Å². The van der Waals surface area contributed by atoms with Gasteiger partial charge < -0.3 is 15.5 Å². The molecule has 0 aromatic rings. The van der Waals surface area contributed by atoms with E-state index < -0.39 is 12.1 Å². The van der Waals surface area contributed by atoms with Crippen molar-refractivity contribution in [1.82, 2.24) is 5.32 Å². The molecule has 0 saturated carbocycles. The molecule has 1 amide bonds. The van der Waals surface area contributed by atoms with E-state index in [9.17, 15) is 15.0 Å². The minimum Gasteiger partial charge on any atom is -0.394 e. The summed E-state index contributed by atoms with van der Waals surface area (Å²) in [5.74, 6) is -0.0928. The molecule has 53 heavy (non-hydrogen) atoms. The molecule has 2 atom stereocenters. The van der Waals surface area contributed by atoms with E-state index in [1.54, 1.807) is 6.08 Å². The summed E-state index contributed by atoms with van der Waals surface area (Å²) in [5.41, 5.74) is 0. The number of amides is 1. The molecule has 3 N–H and O–H groups in total. The van der Waals surface area contributed by atoms with E-state index in [2.05, 4.69) is 79.9 Å². The first-order chi connectivity index (χ1) is 26.2. The Balaban J connectivity index is 3.69. The highest BCUT2D eigenvalue weighted by atomic mass is 16.3. The second-order valence-electron chi connectivity index (χ2n) is 15.1. The van der Waals surface area contributed by atoms with Crippen LogP contribution in [-0.4, -0.2) is 34.9 Å². The summed E-state index contributed by atoms with van der Waals surface area (Å²) in [6.07, 6.45) is 62.9. The first kappa shape index (κ1) is 50.8. The van der Waals surface area contributed by atoms with Crippen LogP contribution in [0.3, 0.4) is 0 Å². The Morgan fingerprint density at radius 3 is 1.26 bits per heavy atom. The Labute approximate surface area is 329 Å². The number of rotatable bonds is 40. The summed E-state index contributed by atoms with van der Waals surface area (Å²) in [4.78, 5) is 12.4. The van der Waals surface area contributed by atoms with Gasteiger partial charge >= 0.3 is 0 Å². The van der Waals surface area contributed by atoms with Crippen molar-refractivity contribution < 1.29 is 15.0 Å². The van der Waals surface area contributed by atoms with Gasteiger partial charge in [-0.1, -0.05) is 196 Å². The minimum absolute atomic E-state index is 0.0928. The quantitative estimate of drug-likeness (QED) is 0.0433. The van der Waals surface area contributed by atoms with E-state index in [0.29, 0.717) is 6.42 Å². The third kappa shape index (κ3) is 40.8. The smallest absolute Gasteiger partial charge is 0.220 e. The number of nitrogens with one attached hydrogen (secondary N) is 1. The molecule has 4 heteroatoms. The van der Waals surface area contributed by atoms with Gasteiger partial charge in [0, 0.05) is 6.42 Å². The maximum Gasteiger partial charge on any atom is 0.220 e. The van der Waals surface area contributed by atoms with Crippen molar-refractivity contribution in [3.8, 4) is 0 Å². The van der Waals surface area contributed by atoms with Crippen molar-refractivity contribution in [3.05, 3.63) is 72.9 Å². The fourth-order valence-electron chi connectivity index (χ4n) is 6.39. The third-order valence-corrected chi connectivity index (χ3v) is 9.89. The number of carbonyl (C=O) groups is 1. The van der Waals surface area contributed by atoms with Crippen LogP contribution in [0.2, 0.25) is 0 Å². The number of aliphatic hydroxyl groups excluding tert-OH is 2. The molecule has 0 fully saturated rings. The van der Waals surface area contributed by atoms with Crippen LogP contribution in [0.1, 0.15) is 213 Å². The van der Waals surface area contributed by atoms with Gasteiger partial charge in [-0.15, -0.1) is 0 Å². The highest BCUT2D eigenvalue weighted by Crippen LogP contribution is 2.13. The first-order valence-electron chi connectivity index (χ1n) is 22.7. The Morgan fingerprint density at radius 2 is 0.792 bits per heavy atom. The van der Waals surface area contributed by atoms with Crippen molar-refractivity contribution in [2.75, 3.05) is 6.61 Å². The summed E-state index contributed by atoms with van der Waals surface area (Å²) in [6.45, 7) is 4.26. The fraction of sp³-hybridized carbons (Fsp3) is 0.735. The zero-order valence-corrected chi connectivity index (χ0v) is 35.0. The molecule has 4 nitrogen and oxygen atoms in total. The number of unbranched alkanes of at least 4 members (excludes halogenated alkanes) is 23. The lowest BCUT2D eigenvalue weighted by Gasteiger charge is -2.19. The van der Waals surface area contributed by atoms with Crippen molar-refractivity contribution in [1.29, 1.82) is 0 Å². The van der Waals surface area contributed by atoms with E-state index in [0.717, 1.165) is 64.2 Å². The van der Waals surface area contributed by atoms with Crippen LogP contribution >= 0.6 is 0 Å². The van der Waals surface area contributed by atoms with Gasteiger partial charge in [0.1, 0.15) is 0 Å². The Bertz CT molecular complexity index is 930. The normalized spacial score (nSPS) is 13.7. The van der Waals surface area contributed by atoms with Crippen molar-refractivity contribution >= 4 is 5.91 Å². The molecule has 2 unspecified atom stereocenters. The van der Waals surface area contributed by atoms with E-state index in [4.69, 9.17) is 0 Å². The average Bonchev–Trinajstić information content (AvgIpc) is 3.16. The predicted octanol–water partition coefficient (Wildman–Crippen LogP) is 14.3. The molecular weight excluding hydrogens is 651 g/mol. The lowest BCUT2D eigenvalue weighted by molar-refractivity contribution is -0.123. The van der Waals surface area contributed by atoms with Crippen molar-refractivity contribution in [3.63, 3.8) is 0 Å².